The van der Waals surface area contributed by atoms with Crippen LogP contribution in [0.3, 0.4) is 0 Å². The van der Waals surface area contributed by atoms with Gasteiger partial charge in [0.2, 0.25) is 0 Å². The van der Waals surface area contributed by atoms with Gasteiger partial charge in [-0.25, -0.2) is 0 Å². The molecule has 1 amide bonds. The van der Waals surface area contributed by atoms with Crippen molar-refractivity contribution < 1.29 is 4.79 Å². The molecule has 0 fully saturated rings. The van der Waals surface area contributed by atoms with E-state index in [9.17, 15) is 4.79 Å². The van der Waals surface area contributed by atoms with Gasteiger partial charge in [0.1, 0.15) is 0 Å². The Morgan fingerprint density at radius 2 is 2.40 bits per heavy atom. The van der Waals surface area contributed by atoms with E-state index in [2.05, 4.69) is 25.3 Å². The van der Waals surface area contributed by atoms with Gasteiger partial charge in [-0.2, -0.15) is 0 Å². The Labute approximate surface area is 94.2 Å². The fourth-order valence-corrected chi connectivity index (χ4v) is 2.68. The van der Waals surface area contributed by atoms with Crippen molar-refractivity contribution in [1.82, 2.24) is 0 Å². The lowest BCUT2D eigenvalue weighted by Gasteiger charge is -2.25. The maximum Gasteiger partial charge on any atom is 0.251 e. The fraction of sp³-hybridized carbons (Fsp3) is 0.417. The van der Waals surface area contributed by atoms with Crippen LogP contribution in [-0.2, 0) is 11.2 Å². The predicted molar refractivity (Wildman–Crippen MR) is 64.4 cm³/mol. The summed E-state index contributed by atoms with van der Waals surface area (Å²) in [5.41, 5.74) is 1.31. The molecular formula is C12H15NOS. The van der Waals surface area contributed by atoms with Gasteiger partial charge in [-0.05, 0) is 35.4 Å². The first kappa shape index (κ1) is 10.4. The highest BCUT2D eigenvalue weighted by Gasteiger charge is 2.20. The summed E-state index contributed by atoms with van der Waals surface area (Å²) >= 11 is 1.66. The van der Waals surface area contributed by atoms with Gasteiger partial charge in [0.25, 0.3) is 5.91 Å². The molecule has 1 aromatic rings. The molecule has 2 rings (SSSR count). The van der Waals surface area contributed by atoms with E-state index < -0.39 is 0 Å². The molecule has 1 aliphatic heterocycles. The molecule has 3 heteroatoms. The van der Waals surface area contributed by atoms with E-state index in [4.69, 9.17) is 0 Å². The van der Waals surface area contributed by atoms with Crippen molar-refractivity contribution in [3.8, 4) is 0 Å². The summed E-state index contributed by atoms with van der Waals surface area (Å²) in [7, 11) is 0. The van der Waals surface area contributed by atoms with E-state index in [1.807, 2.05) is 11.0 Å². The Morgan fingerprint density at radius 3 is 3.07 bits per heavy atom. The Bertz CT molecular complexity index is 394. The van der Waals surface area contributed by atoms with Crippen molar-refractivity contribution in [2.75, 3.05) is 11.4 Å². The lowest BCUT2D eigenvalue weighted by Crippen LogP contribution is -2.35. The number of rotatable bonds is 2. The van der Waals surface area contributed by atoms with Gasteiger partial charge in [0.15, 0.2) is 0 Å². The number of hydrogen-bond donors (Lipinski definition) is 0. The molecular weight excluding hydrogens is 206 g/mol. The molecule has 2 nitrogen and oxygen atoms in total. The smallest absolute Gasteiger partial charge is 0.251 e. The van der Waals surface area contributed by atoms with Crippen LogP contribution in [0, 0.1) is 5.92 Å². The standard InChI is InChI=1S/C12H15NOS/c1-3-10-6-12(15-8-10)13-7-9(2)4-5-11(13)14/h4-6,8-9H,3,7H2,1-2H3. The van der Waals surface area contributed by atoms with Gasteiger partial charge in [-0.1, -0.05) is 19.9 Å². The average Bonchev–Trinajstić information content (AvgIpc) is 2.70. The number of nitrogens with zero attached hydrogens (tertiary/aromatic N) is 1. The molecule has 1 unspecified atom stereocenters. The lowest BCUT2D eigenvalue weighted by atomic mass is 10.1. The van der Waals surface area contributed by atoms with Crippen LogP contribution in [0.5, 0.6) is 0 Å². The first-order chi connectivity index (χ1) is 7.20. The van der Waals surface area contributed by atoms with Gasteiger partial charge in [-0.15, -0.1) is 11.3 Å². The second kappa shape index (κ2) is 4.19. The summed E-state index contributed by atoms with van der Waals surface area (Å²) in [6, 6.07) is 2.12. The largest absolute Gasteiger partial charge is 0.300 e. The van der Waals surface area contributed by atoms with Crippen molar-refractivity contribution >= 4 is 22.2 Å². The summed E-state index contributed by atoms with van der Waals surface area (Å²) in [4.78, 5) is 13.6. The summed E-state index contributed by atoms with van der Waals surface area (Å²) in [5.74, 6) is 0.562. The van der Waals surface area contributed by atoms with E-state index >= 15 is 0 Å². The maximum absolute atomic E-state index is 11.7. The molecule has 2 heterocycles. The molecule has 0 radical (unpaired) electrons. The summed E-state index contributed by atoms with van der Waals surface area (Å²) in [6.07, 6.45) is 4.69. The topological polar surface area (TPSA) is 20.3 Å². The van der Waals surface area contributed by atoms with Crippen LogP contribution in [-0.4, -0.2) is 12.5 Å². The van der Waals surface area contributed by atoms with Gasteiger partial charge in [0, 0.05) is 6.54 Å². The first-order valence-corrected chi connectivity index (χ1v) is 6.15. The molecule has 0 aromatic carbocycles. The molecule has 0 saturated heterocycles. The number of amides is 1. The van der Waals surface area contributed by atoms with Crippen LogP contribution in [0.2, 0.25) is 0 Å². The minimum Gasteiger partial charge on any atom is -0.300 e. The predicted octanol–water partition coefficient (Wildman–Crippen LogP) is 2.85. The Balaban J connectivity index is 2.23. The Kier molecular flexibility index (Phi) is 2.91. The zero-order valence-corrected chi connectivity index (χ0v) is 9.88. The minimum absolute atomic E-state index is 0.109. The average molecular weight is 221 g/mol. The molecule has 1 aliphatic rings. The minimum atomic E-state index is 0.109. The Morgan fingerprint density at radius 1 is 1.60 bits per heavy atom. The number of hydrogen-bond acceptors (Lipinski definition) is 2. The number of thiophene rings is 1. The van der Waals surface area contributed by atoms with E-state index in [0.717, 1.165) is 18.0 Å². The van der Waals surface area contributed by atoms with Crippen LogP contribution in [0.15, 0.2) is 23.6 Å². The molecule has 0 saturated carbocycles. The number of aryl methyl sites for hydroxylation is 1. The van der Waals surface area contributed by atoms with E-state index in [1.54, 1.807) is 17.4 Å². The summed E-state index contributed by atoms with van der Waals surface area (Å²) in [6.45, 7) is 5.07. The third kappa shape index (κ3) is 2.12. The molecule has 0 N–H and O–H groups in total. The van der Waals surface area contributed by atoms with E-state index in [-0.39, 0.29) is 5.91 Å². The van der Waals surface area contributed by atoms with Crippen molar-refractivity contribution in [3.05, 3.63) is 29.2 Å². The lowest BCUT2D eigenvalue weighted by molar-refractivity contribution is -0.114. The van der Waals surface area contributed by atoms with Crippen molar-refractivity contribution in [3.63, 3.8) is 0 Å². The SMILES string of the molecule is CCc1csc(N2CC(C)C=CC2=O)c1. The molecule has 0 aliphatic carbocycles. The van der Waals surface area contributed by atoms with Crippen LogP contribution < -0.4 is 4.90 Å². The normalized spacial score (nSPS) is 21.1. The van der Waals surface area contributed by atoms with Crippen LogP contribution in [0.4, 0.5) is 5.00 Å². The number of carbonyl (C=O) groups is 1. The summed E-state index contributed by atoms with van der Waals surface area (Å²) < 4.78 is 0. The first-order valence-electron chi connectivity index (χ1n) is 5.28. The number of anilines is 1. The van der Waals surface area contributed by atoms with Gasteiger partial charge < -0.3 is 0 Å². The third-order valence-corrected chi connectivity index (χ3v) is 3.62. The quantitative estimate of drug-likeness (QED) is 0.752. The second-order valence-electron chi connectivity index (χ2n) is 3.93. The molecule has 0 spiro atoms. The number of carbonyl (C=O) groups excluding carboxylic acids is 1. The van der Waals surface area contributed by atoms with Crippen molar-refractivity contribution in [1.29, 1.82) is 0 Å². The molecule has 0 bridgehead atoms. The van der Waals surface area contributed by atoms with E-state index in [0.29, 0.717) is 5.92 Å². The molecule has 1 atom stereocenters. The summed E-state index contributed by atoms with van der Waals surface area (Å²) in [5, 5.41) is 3.21. The monoisotopic (exact) mass is 221 g/mol. The molecule has 15 heavy (non-hydrogen) atoms. The van der Waals surface area contributed by atoms with Crippen LogP contribution in [0.1, 0.15) is 19.4 Å². The Hall–Kier alpha value is -1.09. The van der Waals surface area contributed by atoms with Crippen LogP contribution in [0.25, 0.3) is 0 Å². The van der Waals surface area contributed by atoms with E-state index in [1.165, 1.54) is 5.56 Å². The van der Waals surface area contributed by atoms with Crippen LogP contribution >= 0.6 is 11.3 Å². The maximum atomic E-state index is 11.7. The van der Waals surface area contributed by atoms with Crippen molar-refractivity contribution in [2.45, 2.75) is 20.3 Å². The van der Waals surface area contributed by atoms with Gasteiger partial charge in [-0.3, -0.25) is 9.69 Å². The zero-order chi connectivity index (χ0) is 10.8. The highest BCUT2D eigenvalue weighted by molar-refractivity contribution is 7.14. The van der Waals surface area contributed by atoms with Crippen molar-refractivity contribution in [2.24, 2.45) is 5.92 Å². The zero-order valence-electron chi connectivity index (χ0n) is 9.06. The second-order valence-corrected chi connectivity index (χ2v) is 4.82. The fourth-order valence-electron chi connectivity index (χ4n) is 1.66. The van der Waals surface area contributed by atoms with Gasteiger partial charge >= 0.3 is 0 Å². The highest BCUT2D eigenvalue weighted by atomic mass is 32.1. The van der Waals surface area contributed by atoms with Gasteiger partial charge in [0.05, 0.1) is 5.00 Å². The third-order valence-electron chi connectivity index (χ3n) is 2.62. The molecule has 1 aromatic heterocycles. The molecule has 80 valence electrons. The highest BCUT2D eigenvalue weighted by Crippen LogP contribution is 2.27.